The molecule has 0 fully saturated rings. The van der Waals surface area contributed by atoms with Crippen molar-refractivity contribution in [3.05, 3.63) is 58.4 Å². The maximum atomic E-state index is 12.7. The Labute approximate surface area is 163 Å². The summed E-state index contributed by atoms with van der Waals surface area (Å²) in [7, 11) is 0. The second-order valence-electron chi connectivity index (χ2n) is 8.19. The molecule has 1 unspecified atom stereocenters. The van der Waals surface area contributed by atoms with Gasteiger partial charge in [-0.05, 0) is 54.4 Å². The first-order chi connectivity index (χ1) is 12.9. The number of rotatable bonds is 3. The van der Waals surface area contributed by atoms with Crippen LogP contribution in [0.5, 0.6) is 0 Å². The zero-order valence-electron chi connectivity index (χ0n) is 15.9. The van der Waals surface area contributed by atoms with E-state index in [4.69, 9.17) is 0 Å². The number of thiophene rings is 1. The molecule has 27 heavy (non-hydrogen) atoms. The van der Waals surface area contributed by atoms with E-state index in [0.717, 1.165) is 23.5 Å². The van der Waals surface area contributed by atoms with E-state index in [9.17, 15) is 4.79 Å². The van der Waals surface area contributed by atoms with Gasteiger partial charge in [0.15, 0.2) is 0 Å². The topological polar surface area (TPSA) is 59.8 Å². The Balaban J connectivity index is 1.46. The number of imidazole rings is 1. The van der Waals surface area contributed by atoms with Crippen LogP contribution in [0.2, 0.25) is 0 Å². The van der Waals surface area contributed by atoms with E-state index in [0.29, 0.717) is 17.0 Å². The third-order valence-electron chi connectivity index (χ3n) is 5.31. The fourth-order valence-electron chi connectivity index (χ4n) is 3.57. The number of amides is 1. The second-order valence-corrected chi connectivity index (χ2v) is 9.33. The highest BCUT2D eigenvalue weighted by atomic mass is 32.1. The molecule has 3 aromatic heterocycles. The van der Waals surface area contributed by atoms with Crippen molar-refractivity contribution < 1.29 is 4.79 Å². The number of nitrogens with zero attached hydrogens (tertiary/aromatic N) is 3. The highest BCUT2D eigenvalue weighted by Gasteiger charge is 2.30. The quantitative estimate of drug-likeness (QED) is 0.714. The normalized spacial score (nSPS) is 16.8. The van der Waals surface area contributed by atoms with Crippen LogP contribution in [0.15, 0.2) is 43.1 Å². The van der Waals surface area contributed by atoms with Gasteiger partial charge in [0, 0.05) is 17.3 Å². The van der Waals surface area contributed by atoms with Crippen molar-refractivity contribution in [2.75, 3.05) is 5.32 Å². The molecular weight excluding hydrogens is 356 g/mol. The van der Waals surface area contributed by atoms with Crippen LogP contribution in [-0.2, 0) is 12.8 Å². The van der Waals surface area contributed by atoms with Gasteiger partial charge in [-0.25, -0.2) is 9.97 Å². The summed E-state index contributed by atoms with van der Waals surface area (Å²) in [6.07, 6.45) is 10.3. The molecule has 1 amide bonds. The molecule has 0 saturated heterocycles. The molecule has 1 N–H and O–H groups in total. The summed E-state index contributed by atoms with van der Waals surface area (Å²) in [6, 6.07) is 5.81. The maximum absolute atomic E-state index is 12.7. The summed E-state index contributed by atoms with van der Waals surface area (Å²) in [4.78, 5) is 23.2. The number of carbonyl (C=O) groups is 1. The average molecular weight is 381 g/mol. The average Bonchev–Trinajstić information content (AvgIpc) is 3.30. The SMILES string of the molecule is CC(C)(C)C1CCc2sc(C(=O)Nc3ccc(-n4ccnc4)nc3)cc2C1. The summed E-state index contributed by atoms with van der Waals surface area (Å²) in [5.41, 5.74) is 2.36. The largest absolute Gasteiger partial charge is 0.320 e. The molecule has 1 aliphatic rings. The van der Waals surface area contributed by atoms with Crippen molar-refractivity contribution in [2.24, 2.45) is 11.3 Å². The molecule has 3 aromatic rings. The number of fused-ring (bicyclic) bond motifs is 1. The number of hydrogen-bond donors (Lipinski definition) is 1. The third-order valence-corrected chi connectivity index (χ3v) is 6.54. The van der Waals surface area contributed by atoms with E-state index in [1.54, 1.807) is 30.1 Å². The maximum Gasteiger partial charge on any atom is 0.265 e. The van der Waals surface area contributed by atoms with Crippen molar-refractivity contribution in [1.82, 2.24) is 14.5 Å². The molecule has 5 nitrogen and oxygen atoms in total. The predicted octanol–water partition coefficient (Wildman–Crippen LogP) is 4.73. The van der Waals surface area contributed by atoms with Crippen molar-refractivity contribution in [1.29, 1.82) is 0 Å². The van der Waals surface area contributed by atoms with E-state index >= 15 is 0 Å². The Kier molecular flexibility index (Phi) is 4.60. The van der Waals surface area contributed by atoms with Crippen LogP contribution in [0, 0.1) is 11.3 Å². The molecule has 0 saturated carbocycles. The number of aromatic nitrogens is 3. The lowest BCUT2D eigenvalue weighted by Gasteiger charge is -2.33. The number of nitrogens with one attached hydrogen (secondary N) is 1. The monoisotopic (exact) mass is 380 g/mol. The van der Waals surface area contributed by atoms with Crippen LogP contribution in [0.1, 0.15) is 47.3 Å². The lowest BCUT2D eigenvalue weighted by molar-refractivity contribution is 0.103. The Morgan fingerprint density at radius 1 is 1.33 bits per heavy atom. The van der Waals surface area contributed by atoms with Gasteiger partial charge >= 0.3 is 0 Å². The number of pyridine rings is 1. The van der Waals surface area contributed by atoms with Crippen molar-refractivity contribution in [3.63, 3.8) is 0 Å². The van der Waals surface area contributed by atoms with Gasteiger partial charge in [-0.1, -0.05) is 20.8 Å². The fourth-order valence-corrected chi connectivity index (χ4v) is 4.68. The molecule has 140 valence electrons. The fraction of sp³-hybridized carbons (Fsp3) is 0.381. The van der Waals surface area contributed by atoms with Crippen molar-refractivity contribution >= 4 is 22.9 Å². The summed E-state index contributed by atoms with van der Waals surface area (Å²) in [6.45, 7) is 6.93. The van der Waals surface area contributed by atoms with Crippen LogP contribution < -0.4 is 5.32 Å². The number of anilines is 1. The van der Waals surface area contributed by atoms with Gasteiger partial charge in [0.25, 0.3) is 5.91 Å². The molecule has 6 heteroatoms. The van der Waals surface area contributed by atoms with Gasteiger partial charge in [-0.3, -0.25) is 9.36 Å². The number of hydrogen-bond acceptors (Lipinski definition) is 4. The molecule has 1 atom stereocenters. The molecule has 0 bridgehead atoms. The molecule has 3 heterocycles. The summed E-state index contributed by atoms with van der Waals surface area (Å²) < 4.78 is 1.82. The summed E-state index contributed by atoms with van der Waals surface area (Å²) >= 11 is 1.63. The highest BCUT2D eigenvalue weighted by Crippen LogP contribution is 2.40. The molecule has 0 radical (unpaired) electrons. The van der Waals surface area contributed by atoms with Gasteiger partial charge in [0.2, 0.25) is 0 Å². The van der Waals surface area contributed by atoms with Crippen LogP contribution in [-0.4, -0.2) is 20.4 Å². The number of carbonyl (C=O) groups excluding carboxylic acids is 1. The zero-order valence-corrected chi connectivity index (χ0v) is 16.7. The van der Waals surface area contributed by atoms with Crippen LogP contribution >= 0.6 is 11.3 Å². The van der Waals surface area contributed by atoms with Gasteiger partial charge in [-0.2, -0.15) is 0 Å². The van der Waals surface area contributed by atoms with Gasteiger partial charge in [-0.15, -0.1) is 11.3 Å². The van der Waals surface area contributed by atoms with E-state index in [1.165, 1.54) is 16.9 Å². The first kappa shape index (κ1) is 17.9. The molecule has 4 rings (SSSR count). The Morgan fingerprint density at radius 2 is 2.19 bits per heavy atom. The molecule has 0 aromatic carbocycles. The zero-order chi connectivity index (χ0) is 19.0. The summed E-state index contributed by atoms with van der Waals surface area (Å²) in [5, 5.41) is 2.97. The Bertz CT molecular complexity index is 936. The Hall–Kier alpha value is -2.47. The highest BCUT2D eigenvalue weighted by molar-refractivity contribution is 7.14. The van der Waals surface area contributed by atoms with E-state index < -0.39 is 0 Å². The molecule has 0 aliphatic heterocycles. The minimum absolute atomic E-state index is 0.0566. The lowest BCUT2D eigenvalue weighted by Crippen LogP contribution is -2.26. The second kappa shape index (κ2) is 6.93. The molecule has 0 spiro atoms. The standard InChI is InChI=1S/C21H24N4OS/c1-21(2,3)15-4-6-17-14(10-15)11-18(27-17)20(26)24-16-5-7-19(23-12-16)25-9-8-22-13-25/h5,7-9,11-13,15H,4,6,10H2,1-3H3,(H,24,26). The van der Waals surface area contributed by atoms with E-state index in [1.807, 2.05) is 22.9 Å². The van der Waals surface area contributed by atoms with Gasteiger partial charge in [0.1, 0.15) is 12.1 Å². The first-order valence-electron chi connectivity index (χ1n) is 9.27. The van der Waals surface area contributed by atoms with Crippen molar-refractivity contribution in [2.45, 2.75) is 40.0 Å². The predicted molar refractivity (Wildman–Crippen MR) is 109 cm³/mol. The van der Waals surface area contributed by atoms with Crippen molar-refractivity contribution in [3.8, 4) is 5.82 Å². The van der Waals surface area contributed by atoms with Gasteiger partial charge in [0.05, 0.1) is 16.8 Å². The molecular formula is C21H24N4OS. The summed E-state index contributed by atoms with van der Waals surface area (Å²) in [5.74, 6) is 1.39. The van der Waals surface area contributed by atoms with Crippen LogP contribution in [0.3, 0.4) is 0 Å². The lowest BCUT2D eigenvalue weighted by atomic mass is 9.72. The van der Waals surface area contributed by atoms with E-state index in [-0.39, 0.29) is 5.91 Å². The van der Waals surface area contributed by atoms with E-state index in [2.05, 4.69) is 42.1 Å². The van der Waals surface area contributed by atoms with Gasteiger partial charge < -0.3 is 5.32 Å². The van der Waals surface area contributed by atoms with Crippen LogP contribution in [0.25, 0.3) is 5.82 Å². The first-order valence-corrected chi connectivity index (χ1v) is 10.1. The smallest absolute Gasteiger partial charge is 0.265 e. The van der Waals surface area contributed by atoms with Crippen LogP contribution in [0.4, 0.5) is 5.69 Å². The third kappa shape index (κ3) is 3.81. The minimum Gasteiger partial charge on any atom is -0.320 e. The number of aryl methyl sites for hydroxylation is 1. The molecule has 1 aliphatic carbocycles. The minimum atomic E-state index is -0.0566. The Morgan fingerprint density at radius 3 is 2.85 bits per heavy atom.